The summed E-state index contributed by atoms with van der Waals surface area (Å²) in [6.45, 7) is 4.51. The number of carboxylic acids is 1. The van der Waals surface area contributed by atoms with Gasteiger partial charge in [-0.15, -0.1) is 11.3 Å². The molecule has 0 aromatic carbocycles. The van der Waals surface area contributed by atoms with Crippen LogP contribution in [0.1, 0.15) is 65.2 Å². The van der Waals surface area contributed by atoms with Crippen LogP contribution in [0.15, 0.2) is 5.57 Å². The van der Waals surface area contributed by atoms with E-state index in [0.717, 1.165) is 35.3 Å². The molecule has 0 fully saturated rings. The van der Waals surface area contributed by atoms with Crippen molar-refractivity contribution in [2.75, 3.05) is 13.6 Å². The highest BCUT2D eigenvalue weighted by molar-refractivity contribution is 7.13. The Morgan fingerprint density at radius 1 is 1.27 bits per heavy atom. The zero-order chi connectivity index (χ0) is 19.3. The number of hydrogen-bond donors (Lipinski definition) is 2. The Morgan fingerprint density at radius 2 is 1.96 bits per heavy atom. The van der Waals surface area contributed by atoms with Gasteiger partial charge in [0.05, 0.1) is 5.56 Å². The van der Waals surface area contributed by atoms with Crippen molar-refractivity contribution >= 4 is 22.9 Å². The monoisotopic (exact) mass is 384 g/mol. The number of thiophene rings is 1. The number of hydrogen-bond acceptors (Lipinski definition) is 4. The van der Waals surface area contributed by atoms with Crippen molar-refractivity contribution in [2.24, 2.45) is 11.3 Å². The lowest BCUT2D eigenvalue weighted by atomic mass is 9.75. The fraction of sp³-hybridized carbons (Fsp3) is 0.632. The van der Waals surface area contributed by atoms with Gasteiger partial charge >= 0.3 is 5.97 Å². The van der Waals surface area contributed by atoms with Gasteiger partial charge in [-0.2, -0.15) is 0 Å². The maximum atomic E-state index is 14.0. The summed E-state index contributed by atoms with van der Waals surface area (Å²) in [5, 5.41) is 11.3. The van der Waals surface area contributed by atoms with Crippen LogP contribution in [0.4, 0.5) is 8.78 Å². The summed E-state index contributed by atoms with van der Waals surface area (Å²) >= 11 is 1.49. The highest BCUT2D eigenvalue weighted by Gasteiger charge is 2.39. The minimum atomic E-state index is -2.75. The van der Waals surface area contributed by atoms with Crippen LogP contribution in [0, 0.1) is 5.41 Å². The molecule has 1 aromatic rings. The SMILES string of the molecule is CN(N)CC1=C(c2sc3c(c2C(=O)O)CC(C)(C)CC3)CCC(F)(F)C1. The summed E-state index contributed by atoms with van der Waals surface area (Å²) in [5.41, 5.74) is 2.62. The van der Waals surface area contributed by atoms with E-state index < -0.39 is 11.9 Å². The molecule has 0 bridgehead atoms. The van der Waals surface area contributed by atoms with Gasteiger partial charge in [-0.3, -0.25) is 5.84 Å². The molecule has 0 aliphatic heterocycles. The first kappa shape index (κ1) is 19.5. The van der Waals surface area contributed by atoms with Gasteiger partial charge in [-0.05, 0) is 47.8 Å². The van der Waals surface area contributed by atoms with Gasteiger partial charge < -0.3 is 5.11 Å². The number of rotatable bonds is 4. The van der Waals surface area contributed by atoms with Gasteiger partial charge in [0.2, 0.25) is 0 Å². The van der Waals surface area contributed by atoms with Crippen molar-refractivity contribution in [3.8, 4) is 0 Å². The lowest BCUT2D eigenvalue weighted by molar-refractivity contribution is -0.0105. The normalized spacial score (nSPS) is 21.8. The Bertz CT molecular complexity index is 766. The molecule has 0 saturated heterocycles. The summed E-state index contributed by atoms with van der Waals surface area (Å²) in [6, 6.07) is 0. The molecule has 0 amide bonds. The molecule has 0 saturated carbocycles. The maximum Gasteiger partial charge on any atom is 0.337 e. The maximum absolute atomic E-state index is 14.0. The highest BCUT2D eigenvalue weighted by atomic mass is 32.1. The fourth-order valence-corrected chi connectivity index (χ4v) is 5.51. The van der Waals surface area contributed by atoms with Crippen LogP contribution in [-0.4, -0.2) is 35.6 Å². The Labute approximate surface area is 156 Å². The van der Waals surface area contributed by atoms with E-state index in [9.17, 15) is 18.7 Å². The highest BCUT2D eigenvalue weighted by Crippen LogP contribution is 2.48. The molecule has 2 aliphatic rings. The Balaban J connectivity index is 2.14. The summed E-state index contributed by atoms with van der Waals surface area (Å²) in [5.74, 6) is 2.01. The molecule has 0 radical (unpaired) electrons. The van der Waals surface area contributed by atoms with Crippen LogP contribution < -0.4 is 5.84 Å². The molecule has 4 nitrogen and oxygen atoms in total. The number of carbonyl (C=O) groups is 1. The van der Waals surface area contributed by atoms with Crippen LogP contribution in [0.3, 0.4) is 0 Å². The summed E-state index contributed by atoms with van der Waals surface area (Å²) in [6.07, 6.45) is 2.18. The van der Waals surface area contributed by atoms with Gasteiger partial charge in [0.25, 0.3) is 5.92 Å². The average molecular weight is 384 g/mol. The van der Waals surface area contributed by atoms with E-state index in [0.29, 0.717) is 16.0 Å². The first-order chi connectivity index (χ1) is 12.0. The molecular formula is C19H26F2N2O2S. The van der Waals surface area contributed by atoms with E-state index in [1.165, 1.54) is 16.3 Å². The van der Waals surface area contributed by atoms with Crippen LogP contribution in [0.5, 0.6) is 0 Å². The number of aromatic carboxylic acids is 1. The van der Waals surface area contributed by atoms with Crippen molar-refractivity contribution in [3.05, 3.63) is 26.5 Å². The van der Waals surface area contributed by atoms with Crippen molar-refractivity contribution in [3.63, 3.8) is 0 Å². The molecule has 26 heavy (non-hydrogen) atoms. The molecule has 0 atom stereocenters. The zero-order valence-electron chi connectivity index (χ0n) is 15.5. The van der Waals surface area contributed by atoms with Gasteiger partial charge in [0.15, 0.2) is 0 Å². The molecule has 7 heteroatoms. The number of fused-ring (bicyclic) bond motifs is 1. The summed E-state index contributed by atoms with van der Waals surface area (Å²) in [4.78, 5) is 13.8. The van der Waals surface area contributed by atoms with Crippen LogP contribution >= 0.6 is 11.3 Å². The third-order valence-corrected chi connectivity index (χ3v) is 6.69. The average Bonchev–Trinajstić information content (AvgIpc) is 2.82. The smallest absolute Gasteiger partial charge is 0.337 e. The number of hydrazine groups is 1. The molecule has 0 spiro atoms. The second-order valence-corrected chi connectivity index (χ2v) is 9.49. The van der Waals surface area contributed by atoms with Gasteiger partial charge in [-0.25, -0.2) is 18.6 Å². The van der Waals surface area contributed by atoms with Crippen LogP contribution in [0.2, 0.25) is 0 Å². The second kappa shape index (κ2) is 6.69. The number of halogens is 2. The van der Waals surface area contributed by atoms with Crippen LogP contribution in [0.25, 0.3) is 5.57 Å². The summed E-state index contributed by atoms with van der Waals surface area (Å²) in [7, 11) is 1.64. The third kappa shape index (κ3) is 3.85. The second-order valence-electron chi connectivity index (χ2n) is 8.38. The number of aryl methyl sites for hydroxylation is 1. The number of carboxylic acid groups (broad SMARTS) is 1. The number of allylic oxidation sites excluding steroid dienone is 1. The molecule has 1 heterocycles. The predicted octanol–water partition coefficient (Wildman–Crippen LogP) is 4.34. The van der Waals surface area contributed by atoms with E-state index >= 15 is 0 Å². The minimum Gasteiger partial charge on any atom is -0.478 e. The number of alkyl halides is 2. The quantitative estimate of drug-likeness (QED) is 0.599. The molecule has 3 rings (SSSR count). The lowest BCUT2D eigenvalue weighted by Gasteiger charge is -2.29. The van der Waals surface area contributed by atoms with E-state index in [1.807, 2.05) is 0 Å². The Kier molecular flexibility index (Phi) is 5.01. The molecule has 0 unspecified atom stereocenters. The topological polar surface area (TPSA) is 66.6 Å². The van der Waals surface area contributed by atoms with Crippen molar-refractivity contribution in [1.82, 2.24) is 5.01 Å². The van der Waals surface area contributed by atoms with Gasteiger partial charge in [-0.1, -0.05) is 13.8 Å². The fourth-order valence-electron chi connectivity index (χ4n) is 4.08. The first-order valence-corrected chi connectivity index (χ1v) is 9.73. The zero-order valence-corrected chi connectivity index (χ0v) is 16.3. The van der Waals surface area contributed by atoms with Gasteiger partial charge in [0, 0.05) is 36.2 Å². The first-order valence-electron chi connectivity index (χ1n) is 8.92. The third-order valence-electron chi connectivity index (χ3n) is 5.34. The van der Waals surface area contributed by atoms with Gasteiger partial charge in [0.1, 0.15) is 0 Å². The van der Waals surface area contributed by atoms with E-state index in [2.05, 4.69) is 13.8 Å². The summed E-state index contributed by atoms with van der Waals surface area (Å²) < 4.78 is 28.0. The number of likely N-dealkylation sites (N-methyl/N-ethyl adjacent to an activating group) is 1. The standard InChI is InChI=1S/C19H26F2N2O2S/c1-18(2)6-5-14-13(9-18)15(17(24)25)16(26-14)12-4-7-19(20,21)8-11(12)10-23(3)22/h4-10,22H2,1-3H3,(H,24,25). The Hall–Kier alpha value is -1.31. The minimum absolute atomic E-state index is 0.0594. The van der Waals surface area contributed by atoms with Crippen molar-refractivity contribution in [2.45, 2.75) is 58.3 Å². The van der Waals surface area contributed by atoms with Crippen molar-refractivity contribution in [1.29, 1.82) is 0 Å². The predicted molar refractivity (Wildman–Crippen MR) is 99.6 cm³/mol. The van der Waals surface area contributed by atoms with E-state index in [4.69, 9.17) is 5.84 Å². The number of nitrogens with two attached hydrogens (primary N) is 1. The van der Waals surface area contributed by atoms with Crippen LogP contribution in [-0.2, 0) is 12.8 Å². The number of nitrogens with zero attached hydrogens (tertiary/aromatic N) is 1. The lowest BCUT2D eigenvalue weighted by Crippen LogP contribution is -2.32. The molecule has 3 N–H and O–H groups in total. The van der Waals surface area contributed by atoms with Crippen molar-refractivity contribution < 1.29 is 18.7 Å². The molecule has 144 valence electrons. The van der Waals surface area contributed by atoms with E-state index in [-0.39, 0.29) is 31.2 Å². The molecule has 1 aromatic heterocycles. The largest absolute Gasteiger partial charge is 0.478 e. The van der Waals surface area contributed by atoms with E-state index in [1.54, 1.807) is 7.05 Å². The Morgan fingerprint density at radius 3 is 2.58 bits per heavy atom. The molecule has 2 aliphatic carbocycles. The molecular weight excluding hydrogens is 358 g/mol.